The van der Waals surface area contributed by atoms with Gasteiger partial charge >= 0.3 is 0 Å². The van der Waals surface area contributed by atoms with Crippen molar-refractivity contribution in [3.63, 3.8) is 0 Å². The van der Waals surface area contributed by atoms with Crippen molar-refractivity contribution in [2.45, 2.75) is 6.04 Å². The Bertz CT molecular complexity index is 622. The van der Waals surface area contributed by atoms with Gasteiger partial charge < -0.3 is 10.5 Å². The van der Waals surface area contributed by atoms with Crippen molar-refractivity contribution in [3.8, 4) is 5.75 Å². The van der Waals surface area contributed by atoms with Gasteiger partial charge in [-0.15, -0.1) is 0 Å². The van der Waals surface area contributed by atoms with Gasteiger partial charge in [0.2, 0.25) is 0 Å². The van der Waals surface area contributed by atoms with Crippen LogP contribution in [0.25, 0.3) is 0 Å². The first-order valence-corrected chi connectivity index (χ1v) is 5.67. The summed E-state index contributed by atoms with van der Waals surface area (Å²) in [5.74, 6) is -3.95. The zero-order valence-corrected chi connectivity index (χ0v) is 10.5. The molecule has 0 saturated carbocycles. The summed E-state index contributed by atoms with van der Waals surface area (Å²) in [6.07, 6.45) is 0. The molecule has 1 atom stereocenters. The van der Waals surface area contributed by atoms with Crippen molar-refractivity contribution < 1.29 is 22.3 Å². The van der Waals surface area contributed by atoms with Crippen molar-refractivity contribution in [2.24, 2.45) is 5.73 Å². The summed E-state index contributed by atoms with van der Waals surface area (Å²) in [7, 11) is 1.26. The van der Waals surface area contributed by atoms with Gasteiger partial charge in [-0.3, -0.25) is 0 Å². The van der Waals surface area contributed by atoms with Crippen molar-refractivity contribution in [3.05, 3.63) is 64.7 Å². The molecule has 2 N–H and O–H groups in total. The molecule has 0 aliphatic heterocycles. The van der Waals surface area contributed by atoms with Crippen LogP contribution in [0.3, 0.4) is 0 Å². The molecule has 0 saturated heterocycles. The van der Waals surface area contributed by atoms with Crippen LogP contribution in [0.2, 0.25) is 0 Å². The van der Waals surface area contributed by atoms with E-state index in [2.05, 4.69) is 0 Å². The zero-order chi connectivity index (χ0) is 14.9. The molecule has 2 rings (SSSR count). The van der Waals surface area contributed by atoms with E-state index in [4.69, 9.17) is 10.5 Å². The first-order valence-electron chi connectivity index (χ1n) is 5.67. The highest BCUT2D eigenvalue weighted by Gasteiger charge is 2.21. The van der Waals surface area contributed by atoms with Crippen molar-refractivity contribution in [1.82, 2.24) is 0 Å². The molecule has 0 aliphatic rings. The zero-order valence-electron chi connectivity index (χ0n) is 10.5. The van der Waals surface area contributed by atoms with Gasteiger partial charge in [0.15, 0.2) is 11.6 Å². The Labute approximate surface area is 112 Å². The lowest BCUT2D eigenvalue weighted by Crippen LogP contribution is -2.16. The van der Waals surface area contributed by atoms with E-state index in [1.54, 1.807) is 0 Å². The standard InChI is InChI=1S/C14H11F4NO/c1-20-12-4-7(2-3-9(12)16)14(19)13-10(17)5-8(15)6-11(13)18/h2-6,14H,19H2,1H3. The summed E-state index contributed by atoms with van der Waals surface area (Å²) >= 11 is 0. The molecule has 0 amide bonds. The van der Waals surface area contributed by atoms with Crippen molar-refractivity contribution in [1.29, 1.82) is 0 Å². The third-order valence-electron chi connectivity index (χ3n) is 2.89. The number of benzene rings is 2. The fourth-order valence-corrected chi connectivity index (χ4v) is 1.89. The lowest BCUT2D eigenvalue weighted by atomic mass is 9.98. The predicted molar refractivity (Wildman–Crippen MR) is 65.3 cm³/mol. The SMILES string of the molecule is COc1cc(C(N)c2c(F)cc(F)cc2F)ccc1F. The smallest absolute Gasteiger partial charge is 0.165 e. The molecular weight excluding hydrogens is 274 g/mol. The van der Waals surface area contributed by atoms with Gasteiger partial charge in [-0.05, 0) is 17.7 Å². The molecule has 1 unspecified atom stereocenters. The van der Waals surface area contributed by atoms with Crippen LogP contribution in [0, 0.1) is 23.3 Å². The quantitative estimate of drug-likeness (QED) is 0.878. The van der Waals surface area contributed by atoms with Crippen LogP contribution in [0.15, 0.2) is 30.3 Å². The molecule has 0 radical (unpaired) electrons. The third-order valence-corrected chi connectivity index (χ3v) is 2.89. The Morgan fingerprint density at radius 1 is 0.950 bits per heavy atom. The average molecular weight is 285 g/mol. The first kappa shape index (κ1) is 14.3. The van der Waals surface area contributed by atoms with Crippen molar-refractivity contribution >= 4 is 0 Å². The summed E-state index contributed by atoms with van der Waals surface area (Å²) in [5.41, 5.74) is 5.52. The maximum absolute atomic E-state index is 13.6. The van der Waals surface area contributed by atoms with Gasteiger partial charge in [0.1, 0.15) is 17.5 Å². The van der Waals surface area contributed by atoms with Gasteiger partial charge in [0.25, 0.3) is 0 Å². The van der Waals surface area contributed by atoms with Crippen LogP contribution < -0.4 is 10.5 Å². The molecule has 106 valence electrons. The third kappa shape index (κ3) is 2.60. The van der Waals surface area contributed by atoms with Crippen LogP contribution in [-0.4, -0.2) is 7.11 Å². The molecule has 0 aliphatic carbocycles. The van der Waals surface area contributed by atoms with Crippen LogP contribution in [0.5, 0.6) is 5.75 Å². The second-order valence-corrected chi connectivity index (χ2v) is 4.15. The monoisotopic (exact) mass is 285 g/mol. The summed E-state index contributed by atoms with van der Waals surface area (Å²) in [6, 6.07) is 3.48. The highest BCUT2D eigenvalue weighted by molar-refractivity contribution is 5.38. The van der Waals surface area contributed by atoms with E-state index in [0.717, 1.165) is 6.07 Å². The van der Waals surface area contributed by atoms with E-state index in [9.17, 15) is 17.6 Å². The Hall–Kier alpha value is -2.08. The maximum Gasteiger partial charge on any atom is 0.165 e. The summed E-state index contributed by atoms with van der Waals surface area (Å²) in [6.45, 7) is 0. The van der Waals surface area contributed by atoms with Crippen LogP contribution in [0.4, 0.5) is 17.6 Å². The Kier molecular flexibility index (Phi) is 3.94. The predicted octanol–water partition coefficient (Wildman–Crippen LogP) is 3.30. The molecule has 0 spiro atoms. The molecule has 20 heavy (non-hydrogen) atoms. The highest BCUT2D eigenvalue weighted by Crippen LogP contribution is 2.29. The molecule has 0 aromatic heterocycles. The fraction of sp³-hybridized carbons (Fsp3) is 0.143. The Balaban J connectivity index is 2.49. The van der Waals surface area contributed by atoms with E-state index < -0.39 is 34.9 Å². The van der Waals surface area contributed by atoms with Crippen LogP contribution in [0.1, 0.15) is 17.2 Å². The summed E-state index contributed by atoms with van der Waals surface area (Å²) in [4.78, 5) is 0. The summed E-state index contributed by atoms with van der Waals surface area (Å²) in [5, 5.41) is 0. The number of nitrogens with two attached hydrogens (primary N) is 1. The number of hydrogen-bond donors (Lipinski definition) is 1. The molecule has 2 nitrogen and oxygen atoms in total. The maximum atomic E-state index is 13.6. The normalized spacial score (nSPS) is 12.3. The molecule has 0 fully saturated rings. The molecule has 6 heteroatoms. The topological polar surface area (TPSA) is 35.2 Å². The van der Waals surface area contributed by atoms with Crippen molar-refractivity contribution in [2.75, 3.05) is 7.11 Å². The van der Waals surface area contributed by atoms with Crippen LogP contribution >= 0.6 is 0 Å². The minimum absolute atomic E-state index is 0.0964. The van der Waals surface area contributed by atoms with E-state index in [1.165, 1.54) is 19.2 Å². The van der Waals surface area contributed by atoms with Gasteiger partial charge in [0.05, 0.1) is 13.2 Å². The lowest BCUT2D eigenvalue weighted by molar-refractivity contribution is 0.385. The van der Waals surface area contributed by atoms with Gasteiger partial charge in [0, 0.05) is 17.7 Å². The van der Waals surface area contributed by atoms with Gasteiger partial charge in [-0.2, -0.15) is 0 Å². The minimum atomic E-state index is -1.20. The second kappa shape index (κ2) is 5.50. The molecule has 2 aromatic carbocycles. The number of ether oxygens (including phenoxy) is 1. The second-order valence-electron chi connectivity index (χ2n) is 4.15. The number of rotatable bonds is 3. The van der Waals surface area contributed by atoms with E-state index in [-0.39, 0.29) is 11.3 Å². The Morgan fingerprint density at radius 3 is 2.10 bits per heavy atom. The lowest BCUT2D eigenvalue weighted by Gasteiger charge is -2.15. The molecular formula is C14H11F4NO. The van der Waals surface area contributed by atoms with E-state index in [1.807, 2.05) is 0 Å². The number of halogens is 4. The van der Waals surface area contributed by atoms with E-state index in [0.29, 0.717) is 12.1 Å². The molecule has 0 heterocycles. The molecule has 2 aromatic rings. The van der Waals surface area contributed by atoms with Crippen LogP contribution in [-0.2, 0) is 0 Å². The number of methoxy groups -OCH3 is 1. The largest absolute Gasteiger partial charge is 0.494 e. The number of hydrogen-bond acceptors (Lipinski definition) is 2. The highest BCUT2D eigenvalue weighted by atomic mass is 19.1. The minimum Gasteiger partial charge on any atom is -0.494 e. The first-order chi connectivity index (χ1) is 9.43. The average Bonchev–Trinajstić information content (AvgIpc) is 2.37. The van der Waals surface area contributed by atoms with E-state index >= 15 is 0 Å². The van der Waals surface area contributed by atoms with Gasteiger partial charge in [-0.1, -0.05) is 6.07 Å². The van der Waals surface area contributed by atoms with Gasteiger partial charge in [-0.25, -0.2) is 17.6 Å². The fourth-order valence-electron chi connectivity index (χ4n) is 1.89. The molecule has 0 bridgehead atoms. The Morgan fingerprint density at radius 2 is 1.55 bits per heavy atom. The summed E-state index contributed by atoms with van der Waals surface area (Å²) < 4.78 is 58.2.